The van der Waals surface area contributed by atoms with Gasteiger partial charge in [-0.1, -0.05) is 30.3 Å². The topological polar surface area (TPSA) is 74.8 Å². The van der Waals surface area contributed by atoms with E-state index in [0.29, 0.717) is 24.9 Å². The number of hydrogen-bond acceptors (Lipinski definition) is 3. The van der Waals surface area contributed by atoms with Gasteiger partial charge in [-0.05, 0) is 51.5 Å². The van der Waals surface area contributed by atoms with Crippen molar-refractivity contribution in [3.05, 3.63) is 35.9 Å². The molecule has 0 saturated heterocycles. The van der Waals surface area contributed by atoms with Crippen LogP contribution < -0.4 is 16.0 Å². The summed E-state index contributed by atoms with van der Waals surface area (Å²) in [5, 5.41) is 9.22. The lowest BCUT2D eigenvalue weighted by Crippen LogP contribution is -2.42. The Labute approximate surface area is 179 Å². The van der Waals surface area contributed by atoms with E-state index in [1.165, 1.54) is 12.0 Å². The normalized spacial score (nSPS) is 18.9. The van der Waals surface area contributed by atoms with Crippen molar-refractivity contribution >= 4 is 36.0 Å². The van der Waals surface area contributed by atoms with Gasteiger partial charge in [-0.15, -0.1) is 24.0 Å². The summed E-state index contributed by atoms with van der Waals surface area (Å²) < 4.78 is 5.21. The number of nitrogens with zero attached hydrogens (tertiary/aromatic N) is 1. The summed E-state index contributed by atoms with van der Waals surface area (Å²) in [5.41, 5.74) is 0.931. The van der Waals surface area contributed by atoms with Crippen LogP contribution in [-0.4, -0.2) is 43.8 Å². The van der Waals surface area contributed by atoms with E-state index in [1.54, 1.807) is 0 Å². The zero-order valence-corrected chi connectivity index (χ0v) is 19.1. The van der Waals surface area contributed by atoms with Gasteiger partial charge < -0.3 is 20.7 Å². The Morgan fingerprint density at radius 1 is 1.15 bits per heavy atom. The van der Waals surface area contributed by atoms with Gasteiger partial charge in [0.05, 0.1) is 0 Å². The van der Waals surface area contributed by atoms with Crippen LogP contribution in [-0.2, 0) is 4.74 Å². The first kappa shape index (κ1) is 23.5. The van der Waals surface area contributed by atoms with Crippen molar-refractivity contribution in [1.29, 1.82) is 0 Å². The largest absolute Gasteiger partial charge is 0.444 e. The summed E-state index contributed by atoms with van der Waals surface area (Å²) in [7, 11) is 0. The SMILES string of the molecule is CCNC(=NCC1CC1c1ccccc1)NCCNC(=O)OC(C)(C)C.I. The Hall–Kier alpha value is -1.51. The number of hydrogen-bond donors (Lipinski definition) is 3. The monoisotopic (exact) mass is 488 g/mol. The van der Waals surface area contributed by atoms with Crippen molar-refractivity contribution in [2.24, 2.45) is 10.9 Å². The second-order valence-corrected chi connectivity index (χ2v) is 7.59. The first-order chi connectivity index (χ1) is 12.4. The van der Waals surface area contributed by atoms with Gasteiger partial charge in [0, 0.05) is 26.2 Å². The number of guanidine groups is 1. The molecule has 0 radical (unpaired) electrons. The number of rotatable bonds is 7. The van der Waals surface area contributed by atoms with Crippen molar-refractivity contribution in [1.82, 2.24) is 16.0 Å². The Morgan fingerprint density at radius 2 is 1.81 bits per heavy atom. The molecule has 0 aliphatic heterocycles. The fourth-order valence-corrected chi connectivity index (χ4v) is 2.77. The summed E-state index contributed by atoms with van der Waals surface area (Å²) in [6, 6.07) is 10.6. The standard InChI is InChI=1S/C20H32N4O2.HI/c1-5-21-18(22-11-12-23-19(25)26-20(2,3)4)24-14-16-13-17(16)15-9-7-6-8-10-15;/h6-10,16-17H,5,11-14H2,1-4H3,(H,23,25)(H2,21,22,24);1H. The maximum Gasteiger partial charge on any atom is 0.407 e. The molecular weight excluding hydrogens is 455 g/mol. The molecule has 0 spiro atoms. The molecule has 0 bridgehead atoms. The second kappa shape index (κ2) is 11.4. The second-order valence-electron chi connectivity index (χ2n) is 7.59. The van der Waals surface area contributed by atoms with E-state index >= 15 is 0 Å². The van der Waals surface area contributed by atoms with Gasteiger partial charge in [-0.2, -0.15) is 0 Å². The summed E-state index contributed by atoms with van der Waals surface area (Å²) in [6.45, 7) is 10.3. The molecule has 7 heteroatoms. The van der Waals surface area contributed by atoms with Gasteiger partial charge in [0.1, 0.15) is 5.60 Å². The van der Waals surface area contributed by atoms with E-state index in [4.69, 9.17) is 4.74 Å². The van der Waals surface area contributed by atoms with E-state index < -0.39 is 11.7 Å². The van der Waals surface area contributed by atoms with Crippen LogP contribution in [0.5, 0.6) is 0 Å². The molecule has 3 N–H and O–H groups in total. The van der Waals surface area contributed by atoms with Crippen LogP contribution in [0.4, 0.5) is 4.79 Å². The molecule has 1 aromatic carbocycles. The van der Waals surface area contributed by atoms with Crippen LogP contribution in [0.3, 0.4) is 0 Å². The summed E-state index contributed by atoms with van der Waals surface area (Å²) in [5.74, 6) is 2.04. The highest BCUT2D eigenvalue weighted by atomic mass is 127. The maximum atomic E-state index is 11.6. The molecule has 1 aliphatic carbocycles. The van der Waals surface area contributed by atoms with Gasteiger partial charge in [-0.25, -0.2) is 4.79 Å². The lowest BCUT2D eigenvalue weighted by molar-refractivity contribution is 0.0529. The minimum Gasteiger partial charge on any atom is -0.444 e. The molecule has 1 fully saturated rings. The summed E-state index contributed by atoms with van der Waals surface area (Å²) in [4.78, 5) is 16.3. The Bertz CT molecular complexity index is 602. The molecule has 27 heavy (non-hydrogen) atoms. The molecule has 1 aliphatic rings. The lowest BCUT2D eigenvalue weighted by atomic mass is 10.1. The van der Waals surface area contributed by atoms with Crippen LogP contribution in [0.2, 0.25) is 0 Å². The average molecular weight is 488 g/mol. The third kappa shape index (κ3) is 9.30. The quantitative estimate of drug-likeness (QED) is 0.238. The number of carbonyl (C=O) groups excluding carboxylic acids is 1. The fraction of sp³-hybridized carbons (Fsp3) is 0.600. The third-order valence-corrected chi connectivity index (χ3v) is 4.06. The Kier molecular flexibility index (Phi) is 9.90. The lowest BCUT2D eigenvalue weighted by Gasteiger charge is -2.19. The van der Waals surface area contributed by atoms with E-state index in [1.807, 2.05) is 27.7 Å². The van der Waals surface area contributed by atoms with Crippen molar-refractivity contribution < 1.29 is 9.53 Å². The van der Waals surface area contributed by atoms with Gasteiger partial charge >= 0.3 is 6.09 Å². The number of benzene rings is 1. The summed E-state index contributed by atoms with van der Waals surface area (Å²) in [6.07, 6.45) is 0.803. The van der Waals surface area contributed by atoms with Crippen molar-refractivity contribution in [3.63, 3.8) is 0 Å². The summed E-state index contributed by atoms with van der Waals surface area (Å²) >= 11 is 0. The van der Waals surface area contributed by atoms with Crippen LogP contribution in [0.1, 0.15) is 45.6 Å². The van der Waals surface area contributed by atoms with Gasteiger partial charge in [0.2, 0.25) is 0 Å². The molecule has 2 rings (SSSR count). The zero-order chi connectivity index (χ0) is 19.0. The maximum absolute atomic E-state index is 11.6. The third-order valence-electron chi connectivity index (χ3n) is 4.06. The first-order valence-corrected chi connectivity index (χ1v) is 9.43. The van der Waals surface area contributed by atoms with Crippen LogP contribution in [0, 0.1) is 5.92 Å². The molecule has 0 heterocycles. The molecule has 1 saturated carbocycles. The molecule has 0 aromatic heterocycles. The van der Waals surface area contributed by atoms with Crippen LogP contribution in [0.25, 0.3) is 0 Å². The minimum atomic E-state index is -0.479. The van der Waals surface area contributed by atoms with Gasteiger partial charge in [0.25, 0.3) is 0 Å². The predicted molar refractivity (Wildman–Crippen MR) is 121 cm³/mol. The fourth-order valence-electron chi connectivity index (χ4n) is 2.77. The highest BCUT2D eigenvalue weighted by molar-refractivity contribution is 14.0. The van der Waals surface area contributed by atoms with Crippen LogP contribution >= 0.6 is 24.0 Å². The molecule has 2 unspecified atom stereocenters. The van der Waals surface area contributed by atoms with Crippen molar-refractivity contribution in [2.45, 2.75) is 45.6 Å². The number of nitrogens with one attached hydrogen (secondary N) is 3. The zero-order valence-electron chi connectivity index (χ0n) is 16.7. The van der Waals surface area contributed by atoms with E-state index in [0.717, 1.165) is 19.0 Å². The van der Waals surface area contributed by atoms with E-state index in [9.17, 15) is 4.79 Å². The first-order valence-electron chi connectivity index (χ1n) is 9.43. The number of aliphatic imine (C=N–C) groups is 1. The van der Waals surface area contributed by atoms with Crippen molar-refractivity contribution in [3.8, 4) is 0 Å². The molecule has 152 valence electrons. The van der Waals surface area contributed by atoms with Gasteiger partial charge in [0.15, 0.2) is 5.96 Å². The molecular formula is C20H33IN4O2. The molecule has 1 aromatic rings. The van der Waals surface area contributed by atoms with E-state index in [-0.39, 0.29) is 24.0 Å². The molecule has 6 nitrogen and oxygen atoms in total. The highest BCUT2D eigenvalue weighted by Crippen LogP contribution is 2.47. The van der Waals surface area contributed by atoms with E-state index in [2.05, 4.69) is 51.3 Å². The van der Waals surface area contributed by atoms with Gasteiger partial charge in [-0.3, -0.25) is 4.99 Å². The highest BCUT2D eigenvalue weighted by Gasteiger charge is 2.37. The smallest absolute Gasteiger partial charge is 0.407 e. The number of amides is 1. The average Bonchev–Trinajstić information content (AvgIpc) is 3.35. The Morgan fingerprint density at radius 3 is 2.44 bits per heavy atom. The molecule has 1 amide bonds. The minimum absolute atomic E-state index is 0. The predicted octanol–water partition coefficient (Wildman–Crippen LogP) is 3.49. The number of carbonyl (C=O) groups is 1. The number of halogens is 1. The van der Waals surface area contributed by atoms with Crippen LogP contribution in [0.15, 0.2) is 35.3 Å². The molecule has 2 atom stereocenters. The Balaban J connectivity index is 0.00000364. The number of alkyl carbamates (subject to hydrolysis) is 1. The van der Waals surface area contributed by atoms with Crippen molar-refractivity contribution in [2.75, 3.05) is 26.2 Å². The number of ether oxygens (including phenoxy) is 1.